The van der Waals surface area contributed by atoms with Crippen molar-refractivity contribution in [3.05, 3.63) is 87.1 Å². The molecule has 0 bridgehead atoms. The van der Waals surface area contributed by atoms with Crippen LogP contribution in [0.15, 0.2) is 65.4 Å². The van der Waals surface area contributed by atoms with Gasteiger partial charge in [-0.15, -0.1) is 22.7 Å². The molecule has 2 aromatic heterocycles. The maximum Gasteiger partial charge on any atom is 0.267 e. The molecule has 0 unspecified atom stereocenters. The number of nitrogens with one attached hydrogen (secondary N) is 2. The summed E-state index contributed by atoms with van der Waals surface area (Å²) in [6.07, 6.45) is 0.0916. The first-order valence-corrected chi connectivity index (χ1v) is 11.6. The predicted octanol–water partition coefficient (Wildman–Crippen LogP) is 5.61. The van der Waals surface area contributed by atoms with Crippen molar-refractivity contribution >= 4 is 45.3 Å². The Balaban J connectivity index is 1.33. The monoisotopic (exact) mass is 474 g/mol. The van der Waals surface area contributed by atoms with E-state index in [9.17, 15) is 9.59 Å². The number of nitriles is 1. The summed E-state index contributed by atoms with van der Waals surface area (Å²) in [5.74, 6) is 0.825. The summed E-state index contributed by atoms with van der Waals surface area (Å²) in [5.41, 5.74) is 2.66. The number of amides is 2. The number of hydrogen-bond acceptors (Lipinski definition) is 7. The molecule has 9 heteroatoms. The molecule has 0 saturated heterocycles. The number of nitrogens with zero attached hydrogens (tertiary/aromatic N) is 2. The standard InChI is InChI=1S/C24H18N4O3S2/c1-15-11-19(31-18-6-4-16(13-25)5-7-18)8-9-20(15)27-22(29)12-17-14-33-24(26-17)28-23(30)21-3-2-10-32-21/h2-11,14H,12H2,1H3,(H,27,29)(H,26,28,30). The second-order valence-corrected chi connectivity index (χ2v) is 8.82. The fourth-order valence-electron chi connectivity index (χ4n) is 2.94. The largest absolute Gasteiger partial charge is 0.457 e. The van der Waals surface area contributed by atoms with Crippen molar-refractivity contribution in [2.24, 2.45) is 0 Å². The molecule has 0 aliphatic rings. The molecule has 33 heavy (non-hydrogen) atoms. The first-order chi connectivity index (χ1) is 16.0. The minimum atomic E-state index is -0.214. The van der Waals surface area contributed by atoms with E-state index in [2.05, 4.69) is 21.7 Å². The van der Waals surface area contributed by atoms with Gasteiger partial charge in [0, 0.05) is 11.1 Å². The van der Waals surface area contributed by atoms with Gasteiger partial charge in [-0.25, -0.2) is 4.98 Å². The van der Waals surface area contributed by atoms with E-state index in [1.54, 1.807) is 47.8 Å². The minimum Gasteiger partial charge on any atom is -0.457 e. The molecule has 2 amide bonds. The van der Waals surface area contributed by atoms with E-state index in [0.717, 1.165) is 5.56 Å². The van der Waals surface area contributed by atoms with Crippen LogP contribution in [0.5, 0.6) is 11.5 Å². The fraction of sp³-hybridized carbons (Fsp3) is 0.0833. The Morgan fingerprint density at radius 1 is 1.06 bits per heavy atom. The smallest absolute Gasteiger partial charge is 0.267 e. The number of thiophene rings is 1. The quantitative estimate of drug-likeness (QED) is 0.362. The molecule has 0 saturated carbocycles. The first kappa shape index (κ1) is 22.2. The van der Waals surface area contributed by atoms with Crippen LogP contribution in [-0.4, -0.2) is 16.8 Å². The second kappa shape index (κ2) is 10.1. The average Bonchev–Trinajstić information content (AvgIpc) is 3.49. The highest BCUT2D eigenvalue weighted by Gasteiger charge is 2.13. The number of thiazole rings is 1. The van der Waals surface area contributed by atoms with Crippen LogP contribution < -0.4 is 15.4 Å². The molecule has 0 aliphatic carbocycles. The predicted molar refractivity (Wildman–Crippen MR) is 129 cm³/mol. The molecule has 0 radical (unpaired) electrons. The van der Waals surface area contributed by atoms with Gasteiger partial charge in [-0.2, -0.15) is 5.26 Å². The van der Waals surface area contributed by atoms with E-state index in [1.807, 2.05) is 24.4 Å². The lowest BCUT2D eigenvalue weighted by atomic mass is 10.2. The van der Waals surface area contributed by atoms with Crippen molar-refractivity contribution in [3.8, 4) is 17.6 Å². The zero-order valence-electron chi connectivity index (χ0n) is 17.5. The molecule has 0 spiro atoms. The maximum absolute atomic E-state index is 12.5. The van der Waals surface area contributed by atoms with E-state index < -0.39 is 0 Å². The third kappa shape index (κ3) is 5.83. The number of anilines is 2. The van der Waals surface area contributed by atoms with Crippen LogP contribution in [0.25, 0.3) is 0 Å². The van der Waals surface area contributed by atoms with Crippen molar-refractivity contribution in [2.75, 3.05) is 10.6 Å². The number of ether oxygens (including phenoxy) is 1. The van der Waals surface area contributed by atoms with E-state index in [0.29, 0.717) is 38.5 Å². The number of hydrogen-bond donors (Lipinski definition) is 2. The van der Waals surface area contributed by atoms with Crippen molar-refractivity contribution < 1.29 is 14.3 Å². The van der Waals surface area contributed by atoms with Crippen molar-refractivity contribution in [3.63, 3.8) is 0 Å². The SMILES string of the molecule is Cc1cc(Oc2ccc(C#N)cc2)ccc1NC(=O)Cc1csc(NC(=O)c2cccs2)n1. The van der Waals surface area contributed by atoms with Gasteiger partial charge in [0.1, 0.15) is 11.5 Å². The molecule has 0 aliphatic heterocycles. The highest BCUT2D eigenvalue weighted by molar-refractivity contribution is 7.14. The summed E-state index contributed by atoms with van der Waals surface area (Å²) in [4.78, 5) is 29.6. The van der Waals surface area contributed by atoms with Gasteiger partial charge >= 0.3 is 0 Å². The molecule has 2 aromatic carbocycles. The Morgan fingerprint density at radius 2 is 1.85 bits per heavy atom. The maximum atomic E-state index is 12.5. The van der Waals surface area contributed by atoms with Gasteiger partial charge in [0.25, 0.3) is 5.91 Å². The number of carbonyl (C=O) groups excluding carboxylic acids is 2. The molecular weight excluding hydrogens is 456 g/mol. The van der Waals surface area contributed by atoms with Crippen molar-refractivity contribution in [1.82, 2.24) is 4.98 Å². The molecule has 164 valence electrons. The molecular formula is C24H18N4O3S2. The van der Waals surface area contributed by atoms with Gasteiger partial charge in [-0.3, -0.25) is 14.9 Å². The highest BCUT2D eigenvalue weighted by Crippen LogP contribution is 2.26. The molecule has 4 rings (SSSR count). The Morgan fingerprint density at radius 3 is 2.55 bits per heavy atom. The van der Waals surface area contributed by atoms with Crippen LogP contribution in [0, 0.1) is 18.3 Å². The lowest BCUT2D eigenvalue weighted by Crippen LogP contribution is -2.15. The van der Waals surface area contributed by atoms with Crippen LogP contribution in [0.4, 0.5) is 10.8 Å². The van der Waals surface area contributed by atoms with E-state index in [1.165, 1.54) is 22.7 Å². The van der Waals surface area contributed by atoms with Crippen LogP contribution in [0.2, 0.25) is 0 Å². The molecule has 7 nitrogen and oxygen atoms in total. The van der Waals surface area contributed by atoms with Crippen molar-refractivity contribution in [2.45, 2.75) is 13.3 Å². The summed E-state index contributed by atoms with van der Waals surface area (Å²) >= 11 is 2.63. The van der Waals surface area contributed by atoms with Crippen LogP contribution >= 0.6 is 22.7 Å². The van der Waals surface area contributed by atoms with Gasteiger partial charge in [0.05, 0.1) is 28.6 Å². The lowest BCUT2D eigenvalue weighted by Gasteiger charge is -2.11. The van der Waals surface area contributed by atoms with E-state index in [-0.39, 0.29) is 18.2 Å². The fourth-order valence-corrected chi connectivity index (χ4v) is 4.27. The lowest BCUT2D eigenvalue weighted by molar-refractivity contribution is -0.115. The zero-order chi connectivity index (χ0) is 23.2. The van der Waals surface area contributed by atoms with Crippen LogP contribution in [-0.2, 0) is 11.2 Å². The first-order valence-electron chi connectivity index (χ1n) is 9.88. The highest BCUT2D eigenvalue weighted by atomic mass is 32.1. The summed E-state index contributed by atoms with van der Waals surface area (Å²) in [7, 11) is 0. The number of rotatable bonds is 7. The molecule has 4 aromatic rings. The second-order valence-electron chi connectivity index (χ2n) is 7.02. The molecule has 2 N–H and O–H groups in total. The molecule has 0 fully saturated rings. The topological polar surface area (TPSA) is 104 Å². The average molecular weight is 475 g/mol. The normalized spacial score (nSPS) is 10.3. The zero-order valence-corrected chi connectivity index (χ0v) is 19.1. The summed E-state index contributed by atoms with van der Waals surface area (Å²) in [5, 5.41) is 18.6. The molecule has 2 heterocycles. The van der Waals surface area contributed by atoms with E-state index >= 15 is 0 Å². The number of aromatic nitrogens is 1. The van der Waals surface area contributed by atoms with Crippen LogP contribution in [0.1, 0.15) is 26.5 Å². The van der Waals surface area contributed by atoms with E-state index in [4.69, 9.17) is 10.00 Å². The Bertz CT molecular complexity index is 1320. The third-order valence-corrected chi connectivity index (χ3v) is 6.23. The Hall–Kier alpha value is -4.00. The van der Waals surface area contributed by atoms with Gasteiger partial charge in [-0.05, 0) is 66.4 Å². The summed E-state index contributed by atoms with van der Waals surface area (Å²) in [6, 6.07) is 17.8. The number of carbonyl (C=O) groups is 2. The van der Waals surface area contributed by atoms with Crippen LogP contribution in [0.3, 0.4) is 0 Å². The Labute approximate surface area is 198 Å². The summed E-state index contributed by atoms with van der Waals surface area (Å²) in [6.45, 7) is 1.88. The van der Waals surface area contributed by atoms with Gasteiger partial charge in [0.2, 0.25) is 5.91 Å². The third-order valence-electron chi connectivity index (χ3n) is 4.55. The molecule has 0 atom stereocenters. The number of benzene rings is 2. The Kier molecular flexibility index (Phi) is 6.78. The number of aryl methyl sites for hydroxylation is 1. The van der Waals surface area contributed by atoms with Gasteiger partial charge in [-0.1, -0.05) is 6.07 Å². The minimum absolute atomic E-state index is 0.0916. The van der Waals surface area contributed by atoms with Crippen molar-refractivity contribution in [1.29, 1.82) is 5.26 Å². The van der Waals surface area contributed by atoms with Gasteiger partial charge < -0.3 is 10.1 Å². The summed E-state index contributed by atoms with van der Waals surface area (Å²) < 4.78 is 5.81. The van der Waals surface area contributed by atoms with Gasteiger partial charge in [0.15, 0.2) is 5.13 Å².